The second kappa shape index (κ2) is 8.53. The van der Waals surface area contributed by atoms with Gasteiger partial charge < -0.3 is 19.1 Å². The number of para-hydroxylation sites is 1. The van der Waals surface area contributed by atoms with E-state index in [9.17, 15) is 4.79 Å². The summed E-state index contributed by atoms with van der Waals surface area (Å²) < 4.78 is 16.8. The number of benzene rings is 2. The van der Waals surface area contributed by atoms with Crippen LogP contribution in [0.3, 0.4) is 0 Å². The monoisotopic (exact) mass is 341 g/mol. The summed E-state index contributed by atoms with van der Waals surface area (Å²) >= 11 is 0. The number of hydrogen-bond donors (Lipinski definition) is 0. The topological polar surface area (TPSA) is 48.0 Å². The fourth-order valence-corrected chi connectivity index (χ4v) is 2.75. The summed E-state index contributed by atoms with van der Waals surface area (Å²) in [6.07, 6.45) is 0. The maximum absolute atomic E-state index is 12.7. The Morgan fingerprint density at radius 1 is 1.08 bits per heavy atom. The van der Waals surface area contributed by atoms with Crippen LogP contribution in [0, 0.1) is 0 Å². The first kappa shape index (κ1) is 17.3. The summed E-state index contributed by atoms with van der Waals surface area (Å²) in [5, 5.41) is 0. The highest BCUT2D eigenvalue weighted by atomic mass is 16.5. The van der Waals surface area contributed by atoms with Gasteiger partial charge in [-0.25, -0.2) is 0 Å². The lowest BCUT2D eigenvalue weighted by atomic mass is 10.1. The molecular formula is C20H23NO4. The number of rotatable bonds is 6. The van der Waals surface area contributed by atoms with Gasteiger partial charge in [0.1, 0.15) is 18.1 Å². The van der Waals surface area contributed by atoms with Crippen molar-refractivity contribution in [1.82, 2.24) is 4.90 Å². The predicted molar refractivity (Wildman–Crippen MR) is 95.1 cm³/mol. The molecule has 0 saturated carbocycles. The lowest BCUT2D eigenvalue weighted by Crippen LogP contribution is -2.40. The minimum atomic E-state index is 0.0207. The molecule has 1 saturated heterocycles. The molecule has 3 rings (SSSR count). The van der Waals surface area contributed by atoms with Crippen molar-refractivity contribution in [3.8, 4) is 11.5 Å². The number of nitrogens with zero attached hydrogens (tertiary/aromatic N) is 1. The van der Waals surface area contributed by atoms with Gasteiger partial charge in [0, 0.05) is 24.2 Å². The molecule has 0 aromatic heterocycles. The third-order valence-corrected chi connectivity index (χ3v) is 4.04. The Kier molecular flexibility index (Phi) is 5.90. The van der Waals surface area contributed by atoms with Gasteiger partial charge in [0.2, 0.25) is 0 Å². The van der Waals surface area contributed by atoms with Gasteiger partial charge in [-0.05, 0) is 37.3 Å². The molecule has 25 heavy (non-hydrogen) atoms. The molecule has 0 unspecified atom stereocenters. The maximum Gasteiger partial charge on any atom is 0.254 e. The summed E-state index contributed by atoms with van der Waals surface area (Å²) in [5.41, 5.74) is 1.52. The quantitative estimate of drug-likeness (QED) is 0.810. The number of amides is 1. The van der Waals surface area contributed by atoms with E-state index in [1.54, 1.807) is 0 Å². The van der Waals surface area contributed by atoms with Crippen LogP contribution in [0.25, 0.3) is 0 Å². The van der Waals surface area contributed by atoms with E-state index in [1.807, 2.05) is 60.4 Å². The van der Waals surface area contributed by atoms with E-state index in [-0.39, 0.29) is 5.91 Å². The second-order valence-electron chi connectivity index (χ2n) is 5.76. The predicted octanol–water partition coefficient (Wildman–Crippen LogP) is 3.14. The molecule has 0 atom stereocenters. The molecule has 132 valence electrons. The smallest absolute Gasteiger partial charge is 0.254 e. The zero-order valence-electron chi connectivity index (χ0n) is 14.4. The Morgan fingerprint density at radius 3 is 2.56 bits per heavy atom. The summed E-state index contributed by atoms with van der Waals surface area (Å²) in [6, 6.07) is 15.1. The van der Waals surface area contributed by atoms with Gasteiger partial charge in [-0.1, -0.05) is 18.2 Å². The molecular weight excluding hydrogens is 318 g/mol. The standard InChI is InChI=1S/C20H23NO4/c1-2-24-19-9-8-16(20(22)21-10-12-23-13-11-21)14-17(19)15-25-18-6-4-3-5-7-18/h3-9,14H,2,10-13,15H2,1H3. The normalized spacial score (nSPS) is 14.2. The van der Waals surface area contributed by atoms with E-state index in [0.29, 0.717) is 45.1 Å². The van der Waals surface area contributed by atoms with Crippen LogP contribution in [0.4, 0.5) is 0 Å². The minimum Gasteiger partial charge on any atom is -0.493 e. The van der Waals surface area contributed by atoms with Crippen LogP contribution in [0.5, 0.6) is 11.5 Å². The van der Waals surface area contributed by atoms with Crippen LogP contribution < -0.4 is 9.47 Å². The number of ether oxygens (including phenoxy) is 3. The van der Waals surface area contributed by atoms with Crippen molar-refractivity contribution in [2.24, 2.45) is 0 Å². The average molecular weight is 341 g/mol. The fourth-order valence-electron chi connectivity index (χ4n) is 2.75. The molecule has 2 aromatic rings. The molecule has 1 aliphatic heterocycles. The van der Waals surface area contributed by atoms with Crippen molar-refractivity contribution in [2.45, 2.75) is 13.5 Å². The van der Waals surface area contributed by atoms with Gasteiger partial charge in [-0.3, -0.25) is 4.79 Å². The van der Waals surface area contributed by atoms with Crippen molar-refractivity contribution >= 4 is 5.91 Å². The average Bonchev–Trinajstić information content (AvgIpc) is 2.68. The van der Waals surface area contributed by atoms with Gasteiger partial charge in [-0.15, -0.1) is 0 Å². The van der Waals surface area contributed by atoms with Gasteiger partial charge >= 0.3 is 0 Å². The zero-order chi connectivity index (χ0) is 17.5. The Labute approximate surface area is 148 Å². The summed E-state index contributed by atoms with van der Waals surface area (Å²) in [5.74, 6) is 1.55. The second-order valence-corrected chi connectivity index (χ2v) is 5.76. The van der Waals surface area contributed by atoms with E-state index in [1.165, 1.54) is 0 Å². The van der Waals surface area contributed by atoms with Crippen molar-refractivity contribution in [2.75, 3.05) is 32.9 Å². The molecule has 1 amide bonds. The number of carbonyl (C=O) groups is 1. The number of hydrogen-bond acceptors (Lipinski definition) is 4. The van der Waals surface area contributed by atoms with Gasteiger partial charge in [0.25, 0.3) is 5.91 Å². The van der Waals surface area contributed by atoms with E-state index in [2.05, 4.69) is 0 Å². The molecule has 0 aliphatic carbocycles. The van der Waals surface area contributed by atoms with Crippen molar-refractivity contribution in [3.05, 3.63) is 59.7 Å². The molecule has 0 bridgehead atoms. The van der Waals surface area contributed by atoms with Crippen LogP contribution in [-0.4, -0.2) is 43.7 Å². The summed E-state index contributed by atoms with van der Waals surface area (Å²) in [7, 11) is 0. The van der Waals surface area contributed by atoms with Crippen LogP contribution >= 0.6 is 0 Å². The van der Waals surface area contributed by atoms with Crippen LogP contribution in [-0.2, 0) is 11.3 Å². The SMILES string of the molecule is CCOc1ccc(C(=O)N2CCOCC2)cc1COc1ccccc1. The summed E-state index contributed by atoms with van der Waals surface area (Å²) in [6.45, 7) is 5.29. The van der Waals surface area contributed by atoms with Gasteiger partial charge in [0.15, 0.2) is 0 Å². The fraction of sp³-hybridized carbons (Fsp3) is 0.350. The lowest BCUT2D eigenvalue weighted by Gasteiger charge is -2.27. The Bertz CT molecular complexity index is 696. The molecule has 0 radical (unpaired) electrons. The number of morpholine rings is 1. The molecule has 0 N–H and O–H groups in total. The third kappa shape index (κ3) is 4.51. The van der Waals surface area contributed by atoms with Crippen molar-refractivity contribution in [3.63, 3.8) is 0 Å². The molecule has 5 heteroatoms. The highest BCUT2D eigenvalue weighted by Gasteiger charge is 2.19. The molecule has 2 aromatic carbocycles. The van der Waals surface area contributed by atoms with Crippen LogP contribution in [0.2, 0.25) is 0 Å². The number of carbonyl (C=O) groups excluding carboxylic acids is 1. The van der Waals surface area contributed by atoms with Crippen molar-refractivity contribution in [1.29, 1.82) is 0 Å². The third-order valence-electron chi connectivity index (χ3n) is 4.04. The van der Waals surface area contributed by atoms with Crippen LogP contribution in [0.15, 0.2) is 48.5 Å². The Morgan fingerprint density at radius 2 is 1.84 bits per heavy atom. The van der Waals surface area contributed by atoms with Crippen molar-refractivity contribution < 1.29 is 19.0 Å². The van der Waals surface area contributed by atoms with Crippen LogP contribution in [0.1, 0.15) is 22.8 Å². The summed E-state index contributed by atoms with van der Waals surface area (Å²) in [4.78, 5) is 14.5. The van der Waals surface area contributed by atoms with Gasteiger partial charge in [0.05, 0.1) is 19.8 Å². The van der Waals surface area contributed by atoms with E-state index < -0.39 is 0 Å². The molecule has 1 heterocycles. The Hall–Kier alpha value is -2.53. The zero-order valence-corrected chi connectivity index (χ0v) is 14.4. The largest absolute Gasteiger partial charge is 0.493 e. The maximum atomic E-state index is 12.7. The van der Waals surface area contributed by atoms with E-state index in [0.717, 1.165) is 17.1 Å². The highest BCUT2D eigenvalue weighted by molar-refractivity contribution is 5.94. The first-order valence-corrected chi connectivity index (χ1v) is 8.58. The van der Waals surface area contributed by atoms with E-state index in [4.69, 9.17) is 14.2 Å². The lowest BCUT2D eigenvalue weighted by molar-refractivity contribution is 0.0302. The molecule has 5 nitrogen and oxygen atoms in total. The Balaban J connectivity index is 1.77. The molecule has 0 spiro atoms. The van der Waals surface area contributed by atoms with Gasteiger partial charge in [-0.2, -0.15) is 0 Å². The molecule has 1 aliphatic rings. The first-order valence-electron chi connectivity index (χ1n) is 8.58. The van der Waals surface area contributed by atoms with E-state index >= 15 is 0 Å². The minimum absolute atomic E-state index is 0.0207. The molecule has 1 fully saturated rings. The highest BCUT2D eigenvalue weighted by Crippen LogP contribution is 2.23. The first-order chi connectivity index (χ1) is 12.3.